The molecular weight excluding hydrogens is 458 g/mol. The Morgan fingerprint density at radius 2 is 1.69 bits per heavy atom. The second-order valence-electron chi connectivity index (χ2n) is 8.05. The Morgan fingerprint density at radius 1 is 0.943 bits per heavy atom. The molecule has 0 radical (unpaired) electrons. The first kappa shape index (κ1) is 22.8. The highest BCUT2D eigenvalue weighted by Crippen LogP contribution is 2.28. The van der Waals surface area contributed by atoms with Crippen molar-refractivity contribution in [3.8, 4) is 17.3 Å². The predicted molar refractivity (Wildman–Crippen MR) is 137 cm³/mol. The predicted octanol–water partition coefficient (Wildman–Crippen LogP) is 4.19. The van der Waals surface area contributed by atoms with Gasteiger partial charge in [0, 0.05) is 50.1 Å². The van der Waals surface area contributed by atoms with Crippen LogP contribution < -0.4 is 10.2 Å². The first-order valence-corrected chi connectivity index (χ1v) is 12.3. The van der Waals surface area contributed by atoms with Crippen molar-refractivity contribution in [2.45, 2.75) is 16.5 Å². The van der Waals surface area contributed by atoms with Crippen molar-refractivity contribution in [1.82, 2.24) is 30.0 Å². The van der Waals surface area contributed by atoms with Crippen molar-refractivity contribution in [3.05, 3.63) is 66.7 Å². The summed E-state index contributed by atoms with van der Waals surface area (Å²) >= 11 is 1.50. The van der Waals surface area contributed by atoms with Crippen LogP contribution in [-0.2, 0) is 0 Å². The number of H-pyrrole nitrogens is 1. The smallest absolute Gasteiger partial charge is 0.234 e. The number of nitrogens with zero attached hydrogens (tertiary/aromatic N) is 7. The lowest BCUT2D eigenvalue weighted by Gasteiger charge is -2.34. The molecule has 10 heteroatoms. The lowest BCUT2D eigenvalue weighted by Crippen LogP contribution is -2.47. The number of piperazine rings is 1. The van der Waals surface area contributed by atoms with Gasteiger partial charge in [0.25, 0.3) is 0 Å². The van der Waals surface area contributed by atoms with Gasteiger partial charge in [0.2, 0.25) is 11.9 Å². The maximum absolute atomic E-state index is 8.87. The summed E-state index contributed by atoms with van der Waals surface area (Å²) in [6, 6.07) is 24.3. The fourth-order valence-corrected chi connectivity index (χ4v) is 4.59. The van der Waals surface area contributed by atoms with Gasteiger partial charge in [-0.1, -0.05) is 48.5 Å². The summed E-state index contributed by atoms with van der Waals surface area (Å²) in [5, 5.41) is 20.2. The SMILES string of the molecule is N#CCCN1CCN(c2nc(Nc3cc(-c4ccccc4)[nH]n3)nc(Sc3ccccc3)n2)CC1. The van der Waals surface area contributed by atoms with Crippen molar-refractivity contribution in [2.75, 3.05) is 42.9 Å². The number of aromatic nitrogens is 5. The number of nitriles is 1. The molecule has 176 valence electrons. The molecule has 35 heavy (non-hydrogen) atoms. The van der Waals surface area contributed by atoms with Gasteiger partial charge in [0.1, 0.15) is 0 Å². The van der Waals surface area contributed by atoms with E-state index < -0.39 is 0 Å². The minimum absolute atomic E-state index is 0.450. The fourth-order valence-electron chi connectivity index (χ4n) is 3.83. The Morgan fingerprint density at radius 3 is 2.43 bits per heavy atom. The molecule has 1 saturated heterocycles. The molecule has 1 aliphatic heterocycles. The van der Waals surface area contributed by atoms with Gasteiger partial charge >= 0.3 is 0 Å². The first-order valence-electron chi connectivity index (χ1n) is 11.5. The van der Waals surface area contributed by atoms with Crippen LogP contribution in [0.1, 0.15) is 6.42 Å². The molecule has 2 aromatic carbocycles. The molecule has 0 atom stereocenters. The molecule has 0 amide bonds. The molecule has 3 heterocycles. The van der Waals surface area contributed by atoms with E-state index in [9.17, 15) is 0 Å². The third-order valence-corrected chi connectivity index (χ3v) is 6.53. The molecule has 1 aliphatic rings. The zero-order valence-electron chi connectivity index (χ0n) is 19.1. The minimum Gasteiger partial charge on any atom is -0.338 e. The summed E-state index contributed by atoms with van der Waals surface area (Å²) in [6.07, 6.45) is 0.548. The van der Waals surface area contributed by atoms with Crippen LogP contribution in [0.5, 0.6) is 0 Å². The molecule has 0 aliphatic carbocycles. The maximum atomic E-state index is 8.87. The molecule has 1 fully saturated rings. The highest BCUT2D eigenvalue weighted by Gasteiger charge is 2.21. The fraction of sp³-hybridized carbons (Fsp3) is 0.240. The quantitative estimate of drug-likeness (QED) is 0.381. The monoisotopic (exact) mass is 483 g/mol. The van der Waals surface area contributed by atoms with Crippen molar-refractivity contribution in [1.29, 1.82) is 5.26 Å². The topological polar surface area (TPSA) is 110 Å². The van der Waals surface area contributed by atoms with Crippen molar-refractivity contribution in [3.63, 3.8) is 0 Å². The van der Waals surface area contributed by atoms with E-state index in [-0.39, 0.29) is 0 Å². The van der Waals surface area contributed by atoms with Crippen LogP contribution in [0.4, 0.5) is 17.7 Å². The van der Waals surface area contributed by atoms with E-state index in [1.165, 1.54) is 11.8 Å². The number of hydrogen-bond acceptors (Lipinski definition) is 9. The van der Waals surface area contributed by atoms with Crippen LogP contribution in [0.2, 0.25) is 0 Å². The zero-order valence-corrected chi connectivity index (χ0v) is 19.9. The summed E-state index contributed by atoms with van der Waals surface area (Å²) in [4.78, 5) is 19.7. The molecule has 0 saturated carbocycles. The normalized spacial score (nSPS) is 14.0. The van der Waals surface area contributed by atoms with E-state index in [4.69, 9.17) is 15.2 Å². The van der Waals surface area contributed by atoms with Crippen LogP contribution in [0.25, 0.3) is 11.3 Å². The number of nitrogens with one attached hydrogen (secondary N) is 2. The van der Waals surface area contributed by atoms with Crippen molar-refractivity contribution < 1.29 is 0 Å². The number of aromatic amines is 1. The van der Waals surface area contributed by atoms with Crippen LogP contribution >= 0.6 is 11.8 Å². The molecule has 4 aromatic rings. The Hall–Kier alpha value is -3.94. The summed E-state index contributed by atoms with van der Waals surface area (Å²) < 4.78 is 0. The second-order valence-corrected chi connectivity index (χ2v) is 9.09. The lowest BCUT2D eigenvalue weighted by atomic mass is 10.2. The average Bonchev–Trinajstić information content (AvgIpc) is 3.37. The van der Waals surface area contributed by atoms with Gasteiger partial charge in [-0.25, -0.2) is 0 Å². The first-order chi connectivity index (χ1) is 17.3. The van der Waals surface area contributed by atoms with Crippen molar-refractivity contribution in [2.24, 2.45) is 0 Å². The Labute approximate surface area is 208 Å². The molecule has 2 N–H and O–H groups in total. The highest BCUT2D eigenvalue weighted by molar-refractivity contribution is 7.99. The molecule has 0 unspecified atom stereocenters. The largest absolute Gasteiger partial charge is 0.338 e. The average molecular weight is 484 g/mol. The summed E-state index contributed by atoms with van der Waals surface area (Å²) in [5.74, 6) is 1.73. The number of benzene rings is 2. The van der Waals surface area contributed by atoms with Gasteiger partial charge in [-0.05, 0) is 29.5 Å². The zero-order chi connectivity index (χ0) is 23.9. The van der Waals surface area contributed by atoms with E-state index in [1.54, 1.807) is 0 Å². The standard InChI is InChI=1S/C25H25N9S/c26-12-7-13-33-14-16-34(17-15-33)24-28-23(29-25(30-24)35-20-10-5-2-6-11-20)27-22-18-21(31-32-22)19-8-3-1-4-9-19/h1-6,8-11,18H,7,13-17H2,(H2,27,28,29,30,31,32). The van der Waals surface area contributed by atoms with Crippen molar-refractivity contribution >= 4 is 29.5 Å². The Balaban J connectivity index is 1.37. The summed E-state index contributed by atoms with van der Waals surface area (Å²) in [6.45, 7) is 4.14. The van der Waals surface area contributed by atoms with Gasteiger partial charge in [-0.3, -0.25) is 10.00 Å². The van der Waals surface area contributed by atoms with E-state index in [0.29, 0.717) is 29.3 Å². The lowest BCUT2D eigenvalue weighted by molar-refractivity contribution is 0.262. The Kier molecular flexibility index (Phi) is 7.17. The molecule has 9 nitrogen and oxygen atoms in total. The van der Waals surface area contributed by atoms with Crippen LogP contribution in [-0.4, -0.2) is 62.8 Å². The number of rotatable bonds is 8. The van der Waals surface area contributed by atoms with Gasteiger partial charge in [0.05, 0.1) is 11.8 Å². The van der Waals surface area contributed by atoms with E-state index in [1.807, 2.05) is 66.7 Å². The van der Waals surface area contributed by atoms with Gasteiger partial charge < -0.3 is 10.2 Å². The molecule has 5 rings (SSSR count). The van der Waals surface area contributed by atoms with Crippen LogP contribution in [0.3, 0.4) is 0 Å². The molecule has 0 bridgehead atoms. The highest BCUT2D eigenvalue weighted by atomic mass is 32.2. The summed E-state index contributed by atoms with van der Waals surface area (Å²) in [5.41, 5.74) is 1.97. The van der Waals surface area contributed by atoms with Gasteiger partial charge in [0.15, 0.2) is 11.0 Å². The maximum Gasteiger partial charge on any atom is 0.234 e. The van der Waals surface area contributed by atoms with Gasteiger partial charge in [-0.2, -0.15) is 25.3 Å². The van der Waals surface area contributed by atoms with E-state index in [2.05, 4.69) is 36.4 Å². The van der Waals surface area contributed by atoms with E-state index in [0.717, 1.165) is 48.9 Å². The van der Waals surface area contributed by atoms with E-state index >= 15 is 0 Å². The summed E-state index contributed by atoms with van der Waals surface area (Å²) in [7, 11) is 0. The third-order valence-electron chi connectivity index (χ3n) is 5.65. The van der Waals surface area contributed by atoms with Gasteiger partial charge in [-0.15, -0.1) is 0 Å². The third kappa shape index (κ3) is 5.95. The number of hydrogen-bond donors (Lipinski definition) is 2. The second kappa shape index (κ2) is 11.0. The van der Waals surface area contributed by atoms with Crippen LogP contribution in [0.15, 0.2) is 76.8 Å². The molecule has 0 spiro atoms. The van der Waals surface area contributed by atoms with Crippen LogP contribution in [0, 0.1) is 11.3 Å². The Bertz CT molecular complexity index is 1280. The molecule has 2 aromatic heterocycles. The minimum atomic E-state index is 0.450. The number of anilines is 3. The molecular formula is C25H25N9S.